The van der Waals surface area contributed by atoms with Gasteiger partial charge in [0.05, 0.1) is 0 Å². The maximum atomic E-state index is 4.24. The van der Waals surface area contributed by atoms with Crippen LogP contribution in [0.2, 0.25) is 0 Å². The van der Waals surface area contributed by atoms with Crippen molar-refractivity contribution < 1.29 is 0 Å². The van der Waals surface area contributed by atoms with E-state index in [0.717, 1.165) is 26.2 Å². The number of hydrogen-bond donors (Lipinski definition) is 2. The quantitative estimate of drug-likeness (QED) is 0.786. The summed E-state index contributed by atoms with van der Waals surface area (Å²) in [6, 6.07) is 0. The van der Waals surface area contributed by atoms with Gasteiger partial charge in [0.1, 0.15) is 5.01 Å². The van der Waals surface area contributed by atoms with Crippen LogP contribution in [0, 0.1) is 5.41 Å². The Morgan fingerprint density at radius 3 is 3.29 bits per heavy atom. The molecule has 0 aromatic carbocycles. The average molecular weight is 211 g/mol. The van der Waals surface area contributed by atoms with Crippen LogP contribution in [0.15, 0.2) is 11.6 Å². The van der Waals surface area contributed by atoms with Gasteiger partial charge in [-0.25, -0.2) is 4.98 Å². The minimum atomic E-state index is 0.442. The molecule has 1 aromatic rings. The van der Waals surface area contributed by atoms with Crippen LogP contribution in [0.5, 0.6) is 0 Å². The van der Waals surface area contributed by atoms with Crippen molar-refractivity contribution in [1.29, 1.82) is 0 Å². The first-order valence-electron chi connectivity index (χ1n) is 5.08. The lowest BCUT2D eigenvalue weighted by molar-refractivity contribution is 0.339. The molecule has 1 aliphatic rings. The van der Waals surface area contributed by atoms with Gasteiger partial charge in [-0.2, -0.15) is 0 Å². The van der Waals surface area contributed by atoms with Crippen molar-refractivity contribution in [2.45, 2.75) is 19.9 Å². The molecular formula is C10H17N3S. The van der Waals surface area contributed by atoms with Gasteiger partial charge in [-0.15, -0.1) is 11.3 Å². The van der Waals surface area contributed by atoms with Crippen LogP contribution >= 0.6 is 11.3 Å². The van der Waals surface area contributed by atoms with Gasteiger partial charge in [0.25, 0.3) is 0 Å². The van der Waals surface area contributed by atoms with Gasteiger partial charge in [0.2, 0.25) is 0 Å². The van der Waals surface area contributed by atoms with Crippen LogP contribution in [0.3, 0.4) is 0 Å². The highest BCUT2D eigenvalue weighted by Crippen LogP contribution is 2.23. The Hall–Kier alpha value is -0.450. The highest BCUT2D eigenvalue weighted by molar-refractivity contribution is 7.09. The van der Waals surface area contributed by atoms with Crippen molar-refractivity contribution in [2.24, 2.45) is 5.41 Å². The van der Waals surface area contributed by atoms with Crippen LogP contribution in [0.4, 0.5) is 0 Å². The Bertz CT molecular complexity index is 265. The molecule has 0 amide bonds. The molecule has 1 saturated heterocycles. The van der Waals surface area contributed by atoms with Crippen molar-refractivity contribution in [3.05, 3.63) is 16.6 Å². The molecule has 1 atom stereocenters. The van der Waals surface area contributed by atoms with Crippen LogP contribution < -0.4 is 10.6 Å². The van der Waals surface area contributed by atoms with E-state index in [4.69, 9.17) is 0 Å². The Kier molecular flexibility index (Phi) is 3.15. The van der Waals surface area contributed by atoms with Gasteiger partial charge in [-0.3, -0.25) is 0 Å². The molecule has 78 valence electrons. The molecule has 0 radical (unpaired) electrons. The molecule has 4 heteroatoms. The Morgan fingerprint density at radius 1 is 1.71 bits per heavy atom. The molecule has 2 N–H and O–H groups in total. The fourth-order valence-corrected chi connectivity index (χ4v) is 2.42. The third-order valence-corrected chi connectivity index (χ3v) is 3.55. The zero-order valence-electron chi connectivity index (χ0n) is 8.55. The molecule has 0 saturated carbocycles. The molecule has 14 heavy (non-hydrogen) atoms. The zero-order chi connectivity index (χ0) is 9.86. The normalized spacial score (nSPS) is 26.9. The van der Waals surface area contributed by atoms with E-state index in [1.165, 1.54) is 11.4 Å². The van der Waals surface area contributed by atoms with Crippen molar-refractivity contribution in [3.63, 3.8) is 0 Å². The molecular weight excluding hydrogens is 194 g/mol. The van der Waals surface area contributed by atoms with E-state index in [1.54, 1.807) is 11.3 Å². The SMILES string of the molecule is CC1(CNCc2nccs2)CCNC1. The van der Waals surface area contributed by atoms with Gasteiger partial charge in [-0.05, 0) is 18.4 Å². The standard InChI is InChI=1S/C10H17N3S/c1-10(2-3-11-7-10)8-12-6-9-13-4-5-14-9/h4-5,11-12H,2-3,6-8H2,1H3. The summed E-state index contributed by atoms with van der Waals surface area (Å²) in [5.41, 5.74) is 0.442. The monoisotopic (exact) mass is 211 g/mol. The van der Waals surface area contributed by atoms with Crippen LogP contribution in [0.25, 0.3) is 0 Å². The van der Waals surface area contributed by atoms with Gasteiger partial charge < -0.3 is 10.6 Å². The fourth-order valence-electron chi connectivity index (χ4n) is 1.83. The lowest BCUT2D eigenvalue weighted by Crippen LogP contribution is -2.33. The molecule has 0 aliphatic carbocycles. The summed E-state index contributed by atoms with van der Waals surface area (Å²) in [5.74, 6) is 0. The van der Waals surface area contributed by atoms with Crippen molar-refractivity contribution >= 4 is 11.3 Å². The number of rotatable bonds is 4. The Labute approximate surface area is 88.9 Å². The maximum Gasteiger partial charge on any atom is 0.106 e. The number of nitrogens with zero attached hydrogens (tertiary/aromatic N) is 1. The molecule has 1 unspecified atom stereocenters. The number of aromatic nitrogens is 1. The zero-order valence-corrected chi connectivity index (χ0v) is 9.36. The summed E-state index contributed by atoms with van der Waals surface area (Å²) in [6.07, 6.45) is 3.14. The van der Waals surface area contributed by atoms with Crippen molar-refractivity contribution in [1.82, 2.24) is 15.6 Å². The van der Waals surface area contributed by atoms with Gasteiger partial charge in [-0.1, -0.05) is 6.92 Å². The molecule has 0 bridgehead atoms. The van der Waals surface area contributed by atoms with E-state index in [1.807, 2.05) is 11.6 Å². The number of nitrogens with one attached hydrogen (secondary N) is 2. The lowest BCUT2D eigenvalue weighted by atomic mass is 9.90. The van der Waals surface area contributed by atoms with E-state index in [2.05, 4.69) is 22.5 Å². The molecule has 3 nitrogen and oxygen atoms in total. The average Bonchev–Trinajstić information content (AvgIpc) is 2.77. The van der Waals surface area contributed by atoms with Crippen LogP contribution in [-0.4, -0.2) is 24.6 Å². The third kappa shape index (κ3) is 2.53. The first-order chi connectivity index (χ1) is 6.79. The van der Waals surface area contributed by atoms with Crippen molar-refractivity contribution in [2.75, 3.05) is 19.6 Å². The summed E-state index contributed by atoms with van der Waals surface area (Å²) in [4.78, 5) is 4.24. The fraction of sp³-hybridized carbons (Fsp3) is 0.700. The van der Waals surface area contributed by atoms with E-state index in [9.17, 15) is 0 Å². The predicted molar refractivity (Wildman–Crippen MR) is 59.4 cm³/mol. The second-order valence-corrected chi connectivity index (χ2v) is 5.25. The minimum absolute atomic E-state index is 0.442. The molecule has 0 spiro atoms. The summed E-state index contributed by atoms with van der Waals surface area (Å²) < 4.78 is 0. The van der Waals surface area contributed by atoms with E-state index >= 15 is 0 Å². The largest absolute Gasteiger partial charge is 0.316 e. The highest BCUT2D eigenvalue weighted by atomic mass is 32.1. The molecule has 1 fully saturated rings. The van der Waals surface area contributed by atoms with Crippen LogP contribution in [0.1, 0.15) is 18.4 Å². The lowest BCUT2D eigenvalue weighted by Gasteiger charge is -2.22. The Morgan fingerprint density at radius 2 is 2.64 bits per heavy atom. The summed E-state index contributed by atoms with van der Waals surface area (Å²) >= 11 is 1.72. The van der Waals surface area contributed by atoms with E-state index in [-0.39, 0.29) is 0 Å². The molecule has 1 aromatic heterocycles. The minimum Gasteiger partial charge on any atom is -0.316 e. The topological polar surface area (TPSA) is 37.0 Å². The third-order valence-electron chi connectivity index (χ3n) is 2.77. The first kappa shape index (κ1) is 10.1. The number of thiazole rings is 1. The summed E-state index contributed by atoms with van der Waals surface area (Å²) in [7, 11) is 0. The van der Waals surface area contributed by atoms with Gasteiger partial charge in [0.15, 0.2) is 0 Å². The second kappa shape index (κ2) is 4.38. The second-order valence-electron chi connectivity index (χ2n) is 4.27. The summed E-state index contributed by atoms with van der Waals surface area (Å²) in [5, 5.41) is 10.1. The Balaban J connectivity index is 1.72. The predicted octanol–water partition coefficient (Wildman–Crippen LogP) is 1.23. The van der Waals surface area contributed by atoms with Crippen LogP contribution in [-0.2, 0) is 6.54 Å². The van der Waals surface area contributed by atoms with E-state index < -0.39 is 0 Å². The highest BCUT2D eigenvalue weighted by Gasteiger charge is 2.27. The summed E-state index contributed by atoms with van der Waals surface area (Å²) in [6.45, 7) is 6.63. The first-order valence-corrected chi connectivity index (χ1v) is 5.96. The molecule has 2 heterocycles. The smallest absolute Gasteiger partial charge is 0.106 e. The maximum absolute atomic E-state index is 4.24. The van der Waals surface area contributed by atoms with Gasteiger partial charge >= 0.3 is 0 Å². The number of hydrogen-bond acceptors (Lipinski definition) is 4. The molecule has 2 rings (SSSR count). The van der Waals surface area contributed by atoms with Crippen molar-refractivity contribution in [3.8, 4) is 0 Å². The van der Waals surface area contributed by atoms with E-state index in [0.29, 0.717) is 5.41 Å². The van der Waals surface area contributed by atoms with Gasteiger partial charge in [0, 0.05) is 31.2 Å². The molecule has 1 aliphatic heterocycles.